The highest BCUT2D eigenvalue weighted by Crippen LogP contribution is 2.28. The van der Waals surface area contributed by atoms with E-state index >= 15 is 0 Å². The first-order valence-corrected chi connectivity index (χ1v) is 10.5. The van der Waals surface area contributed by atoms with Crippen LogP contribution in [0.4, 0.5) is 5.69 Å². The van der Waals surface area contributed by atoms with Crippen molar-refractivity contribution in [2.45, 2.75) is 6.92 Å². The number of ether oxygens (including phenoxy) is 2. The second-order valence-corrected chi connectivity index (χ2v) is 7.80. The van der Waals surface area contributed by atoms with Crippen LogP contribution in [0.15, 0.2) is 42.5 Å². The molecule has 2 aromatic rings. The molecule has 2 aromatic carbocycles. The summed E-state index contributed by atoms with van der Waals surface area (Å²) in [6.07, 6.45) is 0. The Morgan fingerprint density at radius 3 is 2.62 bits per heavy atom. The fourth-order valence-electron chi connectivity index (χ4n) is 3.47. The number of carbonyl (C=O) groups excluding carboxylic acids is 3. The highest BCUT2D eigenvalue weighted by molar-refractivity contribution is 6.31. The molecule has 170 valence electrons. The predicted octanol–water partition coefficient (Wildman–Crippen LogP) is 2.58. The van der Waals surface area contributed by atoms with Crippen LogP contribution in [0.1, 0.15) is 15.9 Å². The molecule has 1 fully saturated rings. The van der Waals surface area contributed by atoms with Gasteiger partial charge in [-0.05, 0) is 42.8 Å². The zero-order valence-corrected chi connectivity index (χ0v) is 19.1. The number of hydrogen-bond acceptors (Lipinski definition) is 5. The van der Waals surface area contributed by atoms with Gasteiger partial charge >= 0.3 is 0 Å². The van der Waals surface area contributed by atoms with E-state index < -0.39 is 0 Å². The molecule has 1 saturated heterocycles. The summed E-state index contributed by atoms with van der Waals surface area (Å²) in [7, 11) is 3.05. The Bertz CT molecular complexity index is 1010. The molecule has 1 aliphatic heterocycles. The average Bonchev–Trinajstić information content (AvgIpc) is 3.19. The Balaban J connectivity index is 1.74. The van der Waals surface area contributed by atoms with Gasteiger partial charge in [0.1, 0.15) is 25.5 Å². The SMILES string of the molecule is COCCN(CC(=O)N1CC(=O)N(c2cccc(Cl)c2C)C1)C(=O)c1cccc(OC)c1. The minimum absolute atomic E-state index is 0.0593. The predicted molar refractivity (Wildman–Crippen MR) is 121 cm³/mol. The highest BCUT2D eigenvalue weighted by Gasteiger charge is 2.34. The molecule has 0 aromatic heterocycles. The first-order valence-electron chi connectivity index (χ1n) is 10.1. The summed E-state index contributed by atoms with van der Waals surface area (Å²) in [6.45, 7) is 2.21. The summed E-state index contributed by atoms with van der Waals surface area (Å²) in [5.41, 5.74) is 1.84. The number of carbonyl (C=O) groups is 3. The van der Waals surface area contributed by atoms with Gasteiger partial charge in [0, 0.05) is 29.9 Å². The minimum atomic E-state index is -0.326. The van der Waals surface area contributed by atoms with Gasteiger partial charge in [0.25, 0.3) is 5.91 Å². The summed E-state index contributed by atoms with van der Waals surface area (Å²) < 4.78 is 10.3. The molecule has 1 heterocycles. The lowest BCUT2D eigenvalue weighted by Gasteiger charge is -2.25. The Kier molecular flexibility index (Phi) is 7.71. The Morgan fingerprint density at radius 2 is 1.91 bits per heavy atom. The van der Waals surface area contributed by atoms with Gasteiger partial charge in [0.2, 0.25) is 11.8 Å². The van der Waals surface area contributed by atoms with Crippen LogP contribution < -0.4 is 9.64 Å². The number of methoxy groups -OCH3 is 2. The second-order valence-electron chi connectivity index (χ2n) is 7.39. The van der Waals surface area contributed by atoms with Crippen molar-refractivity contribution in [2.75, 3.05) is 52.0 Å². The molecule has 0 atom stereocenters. The summed E-state index contributed by atoms with van der Waals surface area (Å²) in [4.78, 5) is 43.1. The van der Waals surface area contributed by atoms with Crippen molar-refractivity contribution in [3.8, 4) is 5.75 Å². The third kappa shape index (κ3) is 5.20. The van der Waals surface area contributed by atoms with Gasteiger partial charge in [-0.3, -0.25) is 19.3 Å². The molecule has 0 saturated carbocycles. The van der Waals surface area contributed by atoms with Crippen molar-refractivity contribution in [1.29, 1.82) is 0 Å². The summed E-state index contributed by atoms with van der Waals surface area (Å²) in [6, 6.07) is 12.1. The van der Waals surface area contributed by atoms with Gasteiger partial charge in [-0.2, -0.15) is 0 Å². The van der Waals surface area contributed by atoms with Crippen LogP contribution in [0.25, 0.3) is 0 Å². The summed E-state index contributed by atoms with van der Waals surface area (Å²) >= 11 is 6.19. The maximum absolute atomic E-state index is 13.1. The molecule has 0 bridgehead atoms. The molecule has 0 N–H and O–H groups in total. The zero-order valence-electron chi connectivity index (χ0n) is 18.3. The van der Waals surface area contributed by atoms with Crippen LogP contribution in [0, 0.1) is 6.92 Å². The molecule has 8 nitrogen and oxygen atoms in total. The van der Waals surface area contributed by atoms with E-state index in [9.17, 15) is 14.4 Å². The normalized spacial score (nSPS) is 13.4. The van der Waals surface area contributed by atoms with Crippen molar-refractivity contribution in [3.63, 3.8) is 0 Å². The van der Waals surface area contributed by atoms with E-state index in [0.717, 1.165) is 5.56 Å². The lowest BCUT2D eigenvalue weighted by atomic mass is 10.2. The van der Waals surface area contributed by atoms with Gasteiger partial charge in [-0.1, -0.05) is 23.7 Å². The molecule has 0 aliphatic carbocycles. The second kappa shape index (κ2) is 10.5. The lowest BCUT2D eigenvalue weighted by molar-refractivity contribution is -0.132. The van der Waals surface area contributed by atoms with Crippen LogP contribution in [0.5, 0.6) is 5.75 Å². The molecule has 3 rings (SSSR count). The van der Waals surface area contributed by atoms with Crippen molar-refractivity contribution >= 4 is 35.0 Å². The van der Waals surface area contributed by atoms with Crippen molar-refractivity contribution < 1.29 is 23.9 Å². The summed E-state index contributed by atoms with van der Waals surface area (Å²) in [5.74, 6) is -0.298. The third-order valence-electron chi connectivity index (χ3n) is 5.32. The molecule has 0 spiro atoms. The van der Waals surface area contributed by atoms with Crippen LogP contribution in [0.3, 0.4) is 0 Å². The molecular weight excluding hydrogens is 434 g/mol. The number of nitrogens with zero attached hydrogens (tertiary/aromatic N) is 3. The monoisotopic (exact) mass is 459 g/mol. The van der Waals surface area contributed by atoms with E-state index in [1.54, 1.807) is 42.5 Å². The Hall–Kier alpha value is -3.10. The minimum Gasteiger partial charge on any atom is -0.497 e. The van der Waals surface area contributed by atoms with Crippen LogP contribution in [0.2, 0.25) is 5.02 Å². The fraction of sp³-hybridized carbons (Fsp3) is 0.348. The van der Waals surface area contributed by atoms with Gasteiger partial charge in [-0.25, -0.2) is 0 Å². The lowest BCUT2D eigenvalue weighted by Crippen LogP contribution is -2.44. The number of rotatable bonds is 8. The van der Waals surface area contributed by atoms with Gasteiger partial charge in [0.05, 0.1) is 13.7 Å². The maximum Gasteiger partial charge on any atom is 0.254 e. The van der Waals surface area contributed by atoms with E-state index in [-0.39, 0.29) is 50.6 Å². The number of amides is 3. The molecule has 1 aliphatic rings. The first kappa shape index (κ1) is 23.6. The van der Waals surface area contributed by atoms with Crippen LogP contribution in [-0.4, -0.2) is 74.7 Å². The van der Waals surface area contributed by atoms with E-state index in [2.05, 4.69) is 0 Å². The molecule has 3 amide bonds. The topological polar surface area (TPSA) is 79.4 Å². The van der Waals surface area contributed by atoms with E-state index in [0.29, 0.717) is 22.0 Å². The van der Waals surface area contributed by atoms with Gasteiger partial charge < -0.3 is 19.3 Å². The maximum atomic E-state index is 13.1. The van der Waals surface area contributed by atoms with Gasteiger partial charge in [-0.15, -0.1) is 0 Å². The summed E-state index contributed by atoms with van der Waals surface area (Å²) in [5, 5.41) is 0.551. The quantitative estimate of drug-likeness (QED) is 0.606. The van der Waals surface area contributed by atoms with Crippen molar-refractivity contribution in [1.82, 2.24) is 9.80 Å². The molecule has 32 heavy (non-hydrogen) atoms. The molecule has 0 unspecified atom stereocenters. The third-order valence-corrected chi connectivity index (χ3v) is 5.73. The number of halogens is 1. The Labute approximate surface area is 192 Å². The van der Waals surface area contributed by atoms with E-state index in [4.69, 9.17) is 21.1 Å². The molecule has 0 radical (unpaired) electrons. The van der Waals surface area contributed by atoms with E-state index in [1.807, 2.05) is 6.92 Å². The standard InChI is InChI=1S/C23H26ClN3O5/c1-16-19(24)8-5-9-20(16)27-15-26(14-22(27)29)21(28)13-25(10-11-31-2)23(30)17-6-4-7-18(12-17)32-3/h4-9,12H,10-11,13-15H2,1-3H3. The van der Waals surface area contributed by atoms with Gasteiger partial charge in [0.15, 0.2) is 0 Å². The van der Waals surface area contributed by atoms with Crippen LogP contribution in [-0.2, 0) is 14.3 Å². The number of benzene rings is 2. The molecular formula is C23H26ClN3O5. The Morgan fingerprint density at radius 1 is 1.16 bits per heavy atom. The van der Waals surface area contributed by atoms with Crippen molar-refractivity contribution in [2.24, 2.45) is 0 Å². The van der Waals surface area contributed by atoms with E-state index in [1.165, 1.54) is 28.9 Å². The highest BCUT2D eigenvalue weighted by atomic mass is 35.5. The number of hydrogen-bond donors (Lipinski definition) is 0. The zero-order chi connectivity index (χ0) is 23.3. The van der Waals surface area contributed by atoms with Crippen LogP contribution >= 0.6 is 11.6 Å². The largest absolute Gasteiger partial charge is 0.497 e. The fourth-order valence-corrected chi connectivity index (χ4v) is 3.64. The molecule has 9 heteroatoms. The number of anilines is 1. The first-order chi connectivity index (χ1) is 15.3. The smallest absolute Gasteiger partial charge is 0.254 e. The average molecular weight is 460 g/mol. The van der Waals surface area contributed by atoms with Crippen molar-refractivity contribution in [3.05, 3.63) is 58.6 Å².